The zero-order valence-corrected chi connectivity index (χ0v) is 13.2. The number of hydrogen-bond donors (Lipinski definition) is 0. The van der Waals surface area contributed by atoms with E-state index in [0.29, 0.717) is 6.61 Å². The largest absolute Gasteiger partial charge is 0.463 e. The Bertz CT molecular complexity index is 622. The van der Waals surface area contributed by atoms with E-state index in [-0.39, 0.29) is 5.97 Å². The highest BCUT2D eigenvalue weighted by Gasteiger charge is 1.98. The average molecular weight is 294 g/mol. The molecule has 0 heterocycles. The molecule has 22 heavy (non-hydrogen) atoms. The predicted octanol–water partition coefficient (Wildman–Crippen LogP) is 4.42. The summed E-state index contributed by atoms with van der Waals surface area (Å²) in [5, 5.41) is 0. The third kappa shape index (κ3) is 4.88. The quantitative estimate of drug-likeness (QED) is 0.582. The molecule has 2 aromatic rings. The number of ether oxygens (including phenoxy) is 1. The summed E-state index contributed by atoms with van der Waals surface area (Å²) >= 11 is 0. The minimum atomic E-state index is -0.303. The van der Waals surface area contributed by atoms with E-state index in [9.17, 15) is 4.79 Å². The Morgan fingerprint density at radius 2 is 1.45 bits per heavy atom. The predicted molar refractivity (Wildman–Crippen MR) is 90.7 cm³/mol. The third-order valence-electron chi connectivity index (χ3n) is 3.52. The molecule has 0 atom stereocenters. The number of aryl methyl sites for hydroxylation is 1. The van der Waals surface area contributed by atoms with Gasteiger partial charge in [-0.3, -0.25) is 0 Å². The summed E-state index contributed by atoms with van der Waals surface area (Å²) in [5.74, 6) is -0.303. The fourth-order valence-electron chi connectivity index (χ4n) is 2.23. The van der Waals surface area contributed by atoms with Crippen molar-refractivity contribution in [1.29, 1.82) is 0 Å². The van der Waals surface area contributed by atoms with Gasteiger partial charge >= 0.3 is 5.97 Å². The van der Waals surface area contributed by atoms with E-state index in [1.807, 2.05) is 12.1 Å². The molecule has 0 radical (unpaired) electrons. The first-order valence-corrected chi connectivity index (χ1v) is 7.73. The second kappa shape index (κ2) is 8.18. The normalized spacial score (nSPS) is 10.8. The molecule has 0 saturated carbocycles. The molecular formula is C20H22O2. The Morgan fingerprint density at radius 3 is 2.00 bits per heavy atom. The van der Waals surface area contributed by atoms with E-state index in [1.165, 1.54) is 22.8 Å². The van der Waals surface area contributed by atoms with Crippen molar-refractivity contribution in [3.05, 3.63) is 76.9 Å². The van der Waals surface area contributed by atoms with Gasteiger partial charge in [0.05, 0.1) is 6.61 Å². The summed E-state index contributed by atoms with van der Waals surface area (Å²) in [6.45, 7) is 4.37. The lowest BCUT2D eigenvalue weighted by Gasteiger charge is -2.04. The maximum Gasteiger partial charge on any atom is 0.330 e. The van der Waals surface area contributed by atoms with Crippen LogP contribution in [0.4, 0.5) is 0 Å². The molecule has 0 spiro atoms. The van der Waals surface area contributed by atoms with Gasteiger partial charge in [-0.25, -0.2) is 4.79 Å². The van der Waals surface area contributed by atoms with Gasteiger partial charge in [0.15, 0.2) is 0 Å². The van der Waals surface area contributed by atoms with E-state index >= 15 is 0 Å². The molecule has 2 heteroatoms. The fourth-order valence-corrected chi connectivity index (χ4v) is 2.23. The molecule has 0 amide bonds. The van der Waals surface area contributed by atoms with Gasteiger partial charge in [0, 0.05) is 6.08 Å². The van der Waals surface area contributed by atoms with Crippen LogP contribution >= 0.6 is 0 Å². The molecule has 0 fully saturated rings. The first-order valence-electron chi connectivity index (χ1n) is 7.73. The van der Waals surface area contributed by atoms with Gasteiger partial charge in [0.25, 0.3) is 0 Å². The van der Waals surface area contributed by atoms with Crippen LogP contribution in [0.5, 0.6) is 0 Å². The maximum absolute atomic E-state index is 11.3. The highest BCUT2D eigenvalue weighted by atomic mass is 16.5. The van der Waals surface area contributed by atoms with E-state index in [0.717, 1.165) is 18.4 Å². The number of carbonyl (C=O) groups is 1. The molecule has 0 N–H and O–H groups in total. The van der Waals surface area contributed by atoms with Crippen molar-refractivity contribution in [3.8, 4) is 0 Å². The van der Waals surface area contributed by atoms with Crippen molar-refractivity contribution in [1.82, 2.24) is 0 Å². The van der Waals surface area contributed by atoms with Crippen LogP contribution in [0.3, 0.4) is 0 Å². The average Bonchev–Trinajstić information content (AvgIpc) is 2.55. The highest BCUT2D eigenvalue weighted by molar-refractivity contribution is 5.87. The van der Waals surface area contributed by atoms with Gasteiger partial charge in [-0.15, -0.1) is 0 Å². The first kappa shape index (κ1) is 16.0. The second-order valence-corrected chi connectivity index (χ2v) is 5.17. The van der Waals surface area contributed by atoms with Crippen molar-refractivity contribution in [3.63, 3.8) is 0 Å². The van der Waals surface area contributed by atoms with E-state index < -0.39 is 0 Å². The van der Waals surface area contributed by atoms with Crippen LogP contribution < -0.4 is 0 Å². The smallest absolute Gasteiger partial charge is 0.330 e. The lowest BCUT2D eigenvalue weighted by atomic mass is 10.0. The summed E-state index contributed by atoms with van der Waals surface area (Å²) in [5.41, 5.74) is 4.94. The van der Waals surface area contributed by atoms with Crippen LogP contribution in [-0.2, 0) is 22.4 Å². The zero-order valence-electron chi connectivity index (χ0n) is 13.2. The van der Waals surface area contributed by atoms with E-state index in [2.05, 4.69) is 43.3 Å². The molecule has 2 nitrogen and oxygen atoms in total. The number of hydrogen-bond acceptors (Lipinski definition) is 2. The molecule has 0 aliphatic rings. The summed E-state index contributed by atoms with van der Waals surface area (Å²) in [4.78, 5) is 11.3. The molecule has 0 bridgehead atoms. The number of esters is 1. The van der Waals surface area contributed by atoms with Gasteiger partial charge < -0.3 is 4.74 Å². The van der Waals surface area contributed by atoms with Crippen LogP contribution in [-0.4, -0.2) is 12.6 Å². The van der Waals surface area contributed by atoms with Gasteiger partial charge in [-0.2, -0.15) is 0 Å². The molecule has 0 unspecified atom stereocenters. The van der Waals surface area contributed by atoms with Crippen molar-refractivity contribution >= 4 is 12.0 Å². The molecule has 2 rings (SSSR count). The van der Waals surface area contributed by atoms with E-state index in [1.54, 1.807) is 13.0 Å². The van der Waals surface area contributed by atoms with Gasteiger partial charge in [0.1, 0.15) is 0 Å². The van der Waals surface area contributed by atoms with Gasteiger partial charge in [-0.1, -0.05) is 55.5 Å². The number of rotatable bonds is 6. The number of benzene rings is 2. The van der Waals surface area contributed by atoms with Crippen LogP contribution in [0.25, 0.3) is 6.08 Å². The van der Waals surface area contributed by atoms with Crippen LogP contribution in [0.2, 0.25) is 0 Å². The Labute approximate surface area is 132 Å². The number of carbonyl (C=O) groups excluding carboxylic acids is 1. The van der Waals surface area contributed by atoms with E-state index in [4.69, 9.17) is 4.74 Å². The lowest BCUT2D eigenvalue weighted by molar-refractivity contribution is -0.137. The SMILES string of the molecule is CCOC(=O)/C=C/c1ccc(Cc2ccc(CC)cc2)cc1. The Balaban J connectivity index is 1.97. The highest BCUT2D eigenvalue weighted by Crippen LogP contribution is 2.13. The standard InChI is InChI=1S/C20H22O2/c1-3-16-5-9-18(10-6-16)15-19-11-7-17(8-12-19)13-14-20(21)22-4-2/h5-14H,3-4,15H2,1-2H3/b14-13+. The minimum absolute atomic E-state index is 0.303. The summed E-state index contributed by atoms with van der Waals surface area (Å²) < 4.78 is 4.86. The van der Waals surface area contributed by atoms with Crippen molar-refractivity contribution < 1.29 is 9.53 Å². The van der Waals surface area contributed by atoms with Gasteiger partial charge in [0.2, 0.25) is 0 Å². The Hall–Kier alpha value is -2.35. The minimum Gasteiger partial charge on any atom is -0.463 e. The molecule has 2 aromatic carbocycles. The fraction of sp³-hybridized carbons (Fsp3) is 0.250. The lowest BCUT2D eigenvalue weighted by Crippen LogP contribution is -1.98. The van der Waals surface area contributed by atoms with Crippen molar-refractivity contribution in [2.75, 3.05) is 6.61 Å². The van der Waals surface area contributed by atoms with Crippen LogP contribution in [0.15, 0.2) is 54.6 Å². The molecule has 114 valence electrons. The second-order valence-electron chi connectivity index (χ2n) is 5.17. The third-order valence-corrected chi connectivity index (χ3v) is 3.52. The molecular weight excluding hydrogens is 272 g/mol. The molecule has 0 saturated heterocycles. The van der Waals surface area contributed by atoms with Crippen molar-refractivity contribution in [2.24, 2.45) is 0 Å². The topological polar surface area (TPSA) is 26.3 Å². The Morgan fingerprint density at radius 1 is 0.909 bits per heavy atom. The molecule has 0 aliphatic heterocycles. The maximum atomic E-state index is 11.3. The molecule has 0 aromatic heterocycles. The summed E-state index contributed by atoms with van der Waals surface area (Å²) in [6, 6.07) is 17.0. The summed E-state index contributed by atoms with van der Waals surface area (Å²) in [7, 11) is 0. The van der Waals surface area contributed by atoms with Crippen LogP contribution in [0.1, 0.15) is 36.1 Å². The first-order chi connectivity index (χ1) is 10.7. The van der Waals surface area contributed by atoms with Crippen LogP contribution in [0, 0.1) is 0 Å². The zero-order chi connectivity index (χ0) is 15.8. The Kier molecular flexibility index (Phi) is 5.96. The monoisotopic (exact) mass is 294 g/mol. The molecule has 0 aliphatic carbocycles. The van der Waals surface area contributed by atoms with Crippen molar-refractivity contribution in [2.45, 2.75) is 26.7 Å². The van der Waals surface area contributed by atoms with Gasteiger partial charge in [-0.05, 0) is 48.1 Å². The summed E-state index contributed by atoms with van der Waals surface area (Å²) in [6.07, 6.45) is 5.23.